The molecule has 0 N–H and O–H groups in total. The average molecular weight is 190 g/mol. The van der Waals surface area contributed by atoms with E-state index < -0.39 is 0 Å². The van der Waals surface area contributed by atoms with E-state index in [1.165, 1.54) is 6.07 Å². The van der Waals surface area contributed by atoms with Crippen LogP contribution in [0.4, 0.5) is 5.69 Å². The smallest absolute Gasteiger partial charge is 0.264 e. The third-order valence-corrected chi connectivity index (χ3v) is 1.85. The maximum absolute atomic E-state index is 10.6. The number of non-ortho nitro benzene ring substituents is 1. The Hall–Kier alpha value is -1.97. The molecular formula is C10H10N2O2. The molecule has 0 spiro atoms. The monoisotopic (exact) mass is 190 g/mol. The van der Waals surface area contributed by atoms with Gasteiger partial charge in [0, 0.05) is 23.8 Å². The summed E-state index contributed by atoms with van der Waals surface area (Å²) in [5.74, 6) is 0. The Morgan fingerprint density at radius 1 is 1.29 bits per heavy atom. The van der Waals surface area contributed by atoms with E-state index in [0.29, 0.717) is 5.39 Å². The van der Waals surface area contributed by atoms with Gasteiger partial charge in [0.05, 0.1) is 10.3 Å². The number of nitro benzene ring substituents is 1. The zero-order valence-corrected chi connectivity index (χ0v) is 6.68. The quantitative estimate of drug-likeness (QED) is 0.513. The van der Waals surface area contributed by atoms with Crippen molar-refractivity contribution in [3.63, 3.8) is 0 Å². The molecule has 2 aromatic rings. The fourth-order valence-corrected chi connectivity index (χ4v) is 1.26. The molecule has 0 radical (unpaired) electrons. The lowest BCUT2D eigenvalue weighted by atomic mass is 10.1. The van der Waals surface area contributed by atoms with E-state index >= 15 is 0 Å². The second kappa shape index (κ2) is 3.83. The van der Waals surface area contributed by atoms with Crippen LogP contribution in [0, 0.1) is 10.1 Å². The Morgan fingerprint density at radius 2 is 2.07 bits per heavy atom. The molecule has 1 aromatic heterocycles. The van der Waals surface area contributed by atoms with Crippen LogP contribution in [-0.4, -0.2) is 9.91 Å². The van der Waals surface area contributed by atoms with Gasteiger partial charge in [-0.15, -0.1) is 0 Å². The lowest BCUT2D eigenvalue weighted by molar-refractivity contribution is -0.383. The molecule has 2 rings (SSSR count). The third kappa shape index (κ3) is 1.54. The maximum Gasteiger partial charge on any atom is 0.277 e. The summed E-state index contributed by atoms with van der Waals surface area (Å²) in [6, 6.07) is 6.59. The molecule has 0 aliphatic carbocycles. The molecule has 4 heteroatoms. The molecule has 0 unspecified atom stereocenters. The number of hydrogen-bond donors (Lipinski definition) is 0. The Labute approximate surface area is 81.4 Å². The minimum atomic E-state index is -0.387. The van der Waals surface area contributed by atoms with Crippen LogP contribution in [0.25, 0.3) is 10.8 Å². The summed E-state index contributed by atoms with van der Waals surface area (Å²) < 4.78 is 0. The first kappa shape index (κ1) is 10.1. The van der Waals surface area contributed by atoms with Gasteiger partial charge in [-0.05, 0) is 6.07 Å². The standard InChI is InChI=1S/C9H6N2O2.CH4/c12-11(13)9-3-1-2-7-6-10-5-4-8(7)9;/h1-6H;1H4. The SMILES string of the molecule is C.O=[N+]([O-])c1cccc2cnccc12. The molecular weight excluding hydrogens is 180 g/mol. The number of nitro groups is 1. The van der Waals surface area contributed by atoms with Crippen LogP contribution in [0.15, 0.2) is 36.7 Å². The van der Waals surface area contributed by atoms with Crippen LogP contribution in [0.2, 0.25) is 0 Å². The molecule has 1 aromatic carbocycles. The highest BCUT2D eigenvalue weighted by Crippen LogP contribution is 2.23. The van der Waals surface area contributed by atoms with Crippen molar-refractivity contribution in [2.75, 3.05) is 0 Å². The number of hydrogen-bond acceptors (Lipinski definition) is 3. The van der Waals surface area contributed by atoms with Crippen molar-refractivity contribution in [2.45, 2.75) is 7.43 Å². The summed E-state index contributed by atoms with van der Waals surface area (Å²) in [5.41, 5.74) is 0.125. The molecule has 4 nitrogen and oxygen atoms in total. The van der Waals surface area contributed by atoms with E-state index in [4.69, 9.17) is 0 Å². The van der Waals surface area contributed by atoms with Gasteiger partial charge in [-0.3, -0.25) is 15.1 Å². The molecule has 0 saturated heterocycles. The van der Waals surface area contributed by atoms with E-state index in [9.17, 15) is 10.1 Å². The van der Waals surface area contributed by atoms with Crippen molar-refractivity contribution in [3.05, 3.63) is 46.8 Å². The first-order valence-corrected chi connectivity index (χ1v) is 3.76. The lowest BCUT2D eigenvalue weighted by Gasteiger charge is -1.96. The summed E-state index contributed by atoms with van der Waals surface area (Å²) in [7, 11) is 0. The first-order chi connectivity index (χ1) is 6.29. The molecule has 0 saturated carbocycles. The van der Waals surface area contributed by atoms with E-state index in [1.807, 2.05) is 0 Å². The van der Waals surface area contributed by atoms with Crippen molar-refractivity contribution in [3.8, 4) is 0 Å². The van der Waals surface area contributed by atoms with Crippen LogP contribution in [0.3, 0.4) is 0 Å². The molecule has 0 aliphatic rings. The summed E-state index contributed by atoms with van der Waals surface area (Å²) >= 11 is 0. The minimum absolute atomic E-state index is 0. The molecule has 0 fully saturated rings. The van der Waals surface area contributed by atoms with Crippen LogP contribution >= 0.6 is 0 Å². The minimum Gasteiger partial charge on any atom is -0.264 e. The zero-order valence-electron chi connectivity index (χ0n) is 6.68. The van der Waals surface area contributed by atoms with Gasteiger partial charge in [0.25, 0.3) is 5.69 Å². The van der Waals surface area contributed by atoms with Gasteiger partial charge in [0.1, 0.15) is 0 Å². The molecule has 1 heterocycles. The number of benzene rings is 1. The Bertz CT molecular complexity index is 463. The average Bonchev–Trinajstić information content (AvgIpc) is 2.17. The topological polar surface area (TPSA) is 56.0 Å². The fourth-order valence-electron chi connectivity index (χ4n) is 1.26. The lowest BCUT2D eigenvalue weighted by Crippen LogP contribution is -1.88. The summed E-state index contributed by atoms with van der Waals surface area (Å²) in [6.07, 6.45) is 3.16. The van der Waals surface area contributed by atoms with E-state index in [2.05, 4.69) is 4.98 Å². The van der Waals surface area contributed by atoms with Crippen LogP contribution in [0.5, 0.6) is 0 Å². The van der Waals surface area contributed by atoms with E-state index in [1.54, 1.807) is 30.6 Å². The predicted octanol–water partition coefficient (Wildman–Crippen LogP) is 2.78. The van der Waals surface area contributed by atoms with Gasteiger partial charge in [-0.25, -0.2) is 0 Å². The van der Waals surface area contributed by atoms with Crippen molar-refractivity contribution in [2.24, 2.45) is 0 Å². The number of pyridine rings is 1. The molecule has 0 atom stereocenters. The van der Waals surface area contributed by atoms with Crippen LogP contribution in [-0.2, 0) is 0 Å². The van der Waals surface area contributed by atoms with Gasteiger partial charge in [-0.2, -0.15) is 0 Å². The highest BCUT2D eigenvalue weighted by molar-refractivity contribution is 5.89. The van der Waals surface area contributed by atoms with Crippen LogP contribution < -0.4 is 0 Å². The Morgan fingerprint density at radius 3 is 2.79 bits per heavy atom. The Kier molecular flexibility index (Phi) is 2.76. The van der Waals surface area contributed by atoms with Crippen molar-refractivity contribution < 1.29 is 4.92 Å². The summed E-state index contributed by atoms with van der Waals surface area (Å²) in [6.45, 7) is 0. The number of rotatable bonds is 1. The zero-order chi connectivity index (χ0) is 9.26. The highest BCUT2D eigenvalue weighted by Gasteiger charge is 2.09. The van der Waals surface area contributed by atoms with Crippen molar-refractivity contribution >= 4 is 16.5 Å². The van der Waals surface area contributed by atoms with Crippen LogP contribution in [0.1, 0.15) is 7.43 Å². The molecule has 0 amide bonds. The van der Waals surface area contributed by atoms with Crippen molar-refractivity contribution in [1.82, 2.24) is 4.98 Å². The van der Waals surface area contributed by atoms with Gasteiger partial charge in [0.2, 0.25) is 0 Å². The normalized spacial score (nSPS) is 9.43. The third-order valence-electron chi connectivity index (χ3n) is 1.85. The second-order valence-electron chi connectivity index (χ2n) is 2.63. The van der Waals surface area contributed by atoms with Gasteiger partial charge in [0.15, 0.2) is 0 Å². The molecule has 0 bridgehead atoms. The predicted molar refractivity (Wildman–Crippen MR) is 55.1 cm³/mol. The molecule has 14 heavy (non-hydrogen) atoms. The number of fused-ring (bicyclic) bond motifs is 1. The number of aromatic nitrogens is 1. The van der Waals surface area contributed by atoms with Gasteiger partial charge < -0.3 is 0 Å². The summed E-state index contributed by atoms with van der Waals surface area (Å²) in [4.78, 5) is 14.1. The second-order valence-corrected chi connectivity index (χ2v) is 2.63. The summed E-state index contributed by atoms with van der Waals surface area (Å²) in [5, 5.41) is 12.0. The maximum atomic E-state index is 10.6. The molecule has 0 aliphatic heterocycles. The Balaban J connectivity index is 0.000000980. The van der Waals surface area contributed by atoms with E-state index in [-0.39, 0.29) is 18.0 Å². The highest BCUT2D eigenvalue weighted by atomic mass is 16.6. The van der Waals surface area contributed by atoms with Crippen molar-refractivity contribution in [1.29, 1.82) is 0 Å². The first-order valence-electron chi connectivity index (χ1n) is 3.76. The number of nitrogens with zero attached hydrogens (tertiary/aromatic N) is 2. The largest absolute Gasteiger partial charge is 0.277 e. The van der Waals surface area contributed by atoms with Gasteiger partial charge >= 0.3 is 0 Å². The van der Waals surface area contributed by atoms with E-state index in [0.717, 1.165) is 5.39 Å². The van der Waals surface area contributed by atoms with Gasteiger partial charge in [-0.1, -0.05) is 19.6 Å². The molecule has 72 valence electrons. The fraction of sp³-hybridized carbons (Fsp3) is 0.100.